The molecule has 15 heavy (non-hydrogen) atoms. The van der Waals surface area contributed by atoms with Gasteiger partial charge in [-0.25, -0.2) is 9.67 Å². The number of hydrogen-bond acceptors (Lipinski definition) is 3. The summed E-state index contributed by atoms with van der Waals surface area (Å²) in [5.41, 5.74) is 0. The second-order valence-electron chi connectivity index (χ2n) is 4.20. The molecule has 86 valence electrons. The molecular weight excluding hydrogens is 188 g/mol. The lowest BCUT2D eigenvalue weighted by molar-refractivity contribution is 0.416. The number of aryl methyl sites for hydroxylation is 2. The van der Waals surface area contributed by atoms with Gasteiger partial charge in [-0.3, -0.25) is 0 Å². The zero-order valence-corrected chi connectivity index (χ0v) is 10.2. The van der Waals surface area contributed by atoms with E-state index in [4.69, 9.17) is 0 Å². The van der Waals surface area contributed by atoms with E-state index in [1.807, 2.05) is 18.5 Å². The van der Waals surface area contributed by atoms with E-state index in [1.165, 1.54) is 6.42 Å². The van der Waals surface area contributed by atoms with Crippen LogP contribution in [0.4, 0.5) is 0 Å². The minimum absolute atomic E-state index is 0.594. The molecule has 1 heterocycles. The lowest BCUT2D eigenvalue weighted by atomic mass is 10.2. The quantitative estimate of drug-likeness (QED) is 0.724. The van der Waals surface area contributed by atoms with Crippen LogP contribution in [0.15, 0.2) is 0 Å². The number of hydrogen-bond donors (Lipinski definition) is 1. The molecule has 0 radical (unpaired) electrons. The van der Waals surface area contributed by atoms with Gasteiger partial charge >= 0.3 is 0 Å². The van der Waals surface area contributed by atoms with E-state index >= 15 is 0 Å². The maximum absolute atomic E-state index is 4.36. The molecule has 1 rings (SSSR count). The van der Waals surface area contributed by atoms with E-state index in [1.54, 1.807) is 0 Å². The van der Waals surface area contributed by atoms with Crippen LogP contribution in [0.2, 0.25) is 0 Å². The van der Waals surface area contributed by atoms with Crippen LogP contribution >= 0.6 is 0 Å². The van der Waals surface area contributed by atoms with Crippen LogP contribution in [0.1, 0.15) is 31.9 Å². The van der Waals surface area contributed by atoms with E-state index in [-0.39, 0.29) is 0 Å². The second-order valence-corrected chi connectivity index (χ2v) is 4.20. The maximum Gasteiger partial charge on any atom is 0.147 e. The molecule has 4 heteroatoms. The minimum atomic E-state index is 0.594. The van der Waals surface area contributed by atoms with E-state index in [0.29, 0.717) is 5.92 Å². The Kier molecular flexibility index (Phi) is 4.75. The average Bonchev–Trinajstić information content (AvgIpc) is 2.45. The highest BCUT2D eigenvalue weighted by atomic mass is 15.3. The summed E-state index contributed by atoms with van der Waals surface area (Å²) in [6.07, 6.45) is 1.19. The highest BCUT2D eigenvalue weighted by molar-refractivity contribution is 4.87. The van der Waals surface area contributed by atoms with Crippen molar-refractivity contribution >= 4 is 0 Å². The van der Waals surface area contributed by atoms with Crippen LogP contribution in [0.25, 0.3) is 0 Å². The first-order chi connectivity index (χ1) is 7.13. The number of nitrogens with zero attached hydrogens (tertiary/aromatic N) is 3. The van der Waals surface area contributed by atoms with Crippen molar-refractivity contribution < 1.29 is 0 Å². The molecule has 0 aliphatic heterocycles. The van der Waals surface area contributed by atoms with E-state index in [0.717, 1.165) is 31.3 Å². The van der Waals surface area contributed by atoms with Gasteiger partial charge in [0.15, 0.2) is 0 Å². The van der Waals surface area contributed by atoms with Crippen LogP contribution < -0.4 is 5.32 Å². The van der Waals surface area contributed by atoms with Crippen LogP contribution in [0, 0.1) is 19.8 Å². The third kappa shape index (κ3) is 4.00. The summed E-state index contributed by atoms with van der Waals surface area (Å²) in [6, 6.07) is 0. The topological polar surface area (TPSA) is 42.7 Å². The largest absolute Gasteiger partial charge is 0.316 e. The van der Waals surface area contributed by atoms with Gasteiger partial charge in [0.25, 0.3) is 0 Å². The molecule has 0 amide bonds. The lowest BCUT2D eigenvalue weighted by Gasteiger charge is -2.12. The molecule has 0 bridgehead atoms. The first-order valence-electron chi connectivity index (χ1n) is 5.72. The highest BCUT2D eigenvalue weighted by Gasteiger charge is 2.07. The SMILES string of the molecule is CCCNCC(C)Cn1nc(C)nc1C. The van der Waals surface area contributed by atoms with Crippen molar-refractivity contribution in [2.75, 3.05) is 13.1 Å². The van der Waals surface area contributed by atoms with Crippen molar-refractivity contribution in [1.29, 1.82) is 0 Å². The summed E-state index contributed by atoms with van der Waals surface area (Å²) < 4.78 is 1.99. The van der Waals surface area contributed by atoms with Gasteiger partial charge in [0.2, 0.25) is 0 Å². The average molecular weight is 210 g/mol. The molecule has 1 aromatic heterocycles. The van der Waals surface area contributed by atoms with E-state index < -0.39 is 0 Å². The Hall–Kier alpha value is -0.900. The van der Waals surface area contributed by atoms with Gasteiger partial charge in [-0.1, -0.05) is 13.8 Å². The van der Waals surface area contributed by atoms with Gasteiger partial charge in [0, 0.05) is 6.54 Å². The number of aromatic nitrogens is 3. The van der Waals surface area contributed by atoms with Crippen molar-refractivity contribution in [3.8, 4) is 0 Å². The first kappa shape index (κ1) is 12.2. The fourth-order valence-corrected chi connectivity index (χ4v) is 1.62. The molecule has 1 atom stereocenters. The Bertz CT molecular complexity index is 293. The highest BCUT2D eigenvalue weighted by Crippen LogP contribution is 2.02. The zero-order valence-electron chi connectivity index (χ0n) is 10.2. The van der Waals surface area contributed by atoms with Crippen molar-refractivity contribution in [3.63, 3.8) is 0 Å². The summed E-state index contributed by atoms with van der Waals surface area (Å²) in [5.74, 6) is 2.47. The predicted octanol–water partition coefficient (Wildman–Crippen LogP) is 1.53. The Morgan fingerprint density at radius 2 is 2.13 bits per heavy atom. The Morgan fingerprint density at radius 3 is 2.67 bits per heavy atom. The van der Waals surface area contributed by atoms with Crippen molar-refractivity contribution in [1.82, 2.24) is 20.1 Å². The Labute approximate surface area is 92.1 Å². The van der Waals surface area contributed by atoms with Gasteiger partial charge in [-0.05, 0) is 39.3 Å². The van der Waals surface area contributed by atoms with Crippen LogP contribution in [-0.2, 0) is 6.54 Å². The fraction of sp³-hybridized carbons (Fsp3) is 0.818. The van der Waals surface area contributed by atoms with Crippen LogP contribution in [0.5, 0.6) is 0 Å². The molecule has 0 aliphatic carbocycles. The van der Waals surface area contributed by atoms with E-state index in [9.17, 15) is 0 Å². The van der Waals surface area contributed by atoms with Gasteiger partial charge in [-0.15, -0.1) is 0 Å². The van der Waals surface area contributed by atoms with Crippen molar-refractivity contribution in [2.24, 2.45) is 5.92 Å². The van der Waals surface area contributed by atoms with Crippen LogP contribution in [0.3, 0.4) is 0 Å². The van der Waals surface area contributed by atoms with E-state index in [2.05, 4.69) is 29.2 Å². The summed E-state index contributed by atoms with van der Waals surface area (Å²) in [5, 5.41) is 7.78. The van der Waals surface area contributed by atoms with Gasteiger partial charge in [0.1, 0.15) is 11.6 Å². The molecule has 1 aromatic rings. The van der Waals surface area contributed by atoms with Gasteiger partial charge in [0.05, 0.1) is 0 Å². The minimum Gasteiger partial charge on any atom is -0.316 e. The Morgan fingerprint density at radius 1 is 1.40 bits per heavy atom. The van der Waals surface area contributed by atoms with Crippen molar-refractivity contribution in [3.05, 3.63) is 11.6 Å². The van der Waals surface area contributed by atoms with Gasteiger partial charge in [-0.2, -0.15) is 5.10 Å². The van der Waals surface area contributed by atoms with Crippen LogP contribution in [-0.4, -0.2) is 27.9 Å². The molecule has 4 nitrogen and oxygen atoms in total. The third-order valence-electron chi connectivity index (χ3n) is 2.37. The molecule has 0 spiro atoms. The number of nitrogens with one attached hydrogen (secondary N) is 1. The van der Waals surface area contributed by atoms with Crippen molar-refractivity contribution in [2.45, 2.75) is 40.7 Å². The lowest BCUT2D eigenvalue weighted by Crippen LogP contribution is -2.25. The first-order valence-corrected chi connectivity index (χ1v) is 5.72. The molecule has 0 saturated heterocycles. The zero-order chi connectivity index (χ0) is 11.3. The maximum atomic E-state index is 4.36. The second kappa shape index (κ2) is 5.85. The summed E-state index contributed by atoms with van der Waals surface area (Å²) in [6.45, 7) is 11.5. The fourth-order valence-electron chi connectivity index (χ4n) is 1.62. The molecular formula is C11H22N4. The summed E-state index contributed by atoms with van der Waals surface area (Å²) >= 11 is 0. The normalized spacial score (nSPS) is 13.1. The summed E-state index contributed by atoms with van der Waals surface area (Å²) in [7, 11) is 0. The third-order valence-corrected chi connectivity index (χ3v) is 2.37. The Balaban J connectivity index is 2.37. The number of rotatable bonds is 6. The predicted molar refractivity (Wildman–Crippen MR) is 61.8 cm³/mol. The monoisotopic (exact) mass is 210 g/mol. The molecule has 1 unspecified atom stereocenters. The molecule has 0 fully saturated rings. The molecule has 0 aliphatic rings. The molecule has 0 saturated carbocycles. The van der Waals surface area contributed by atoms with Gasteiger partial charge < -0.3 is 5.32 Å². The summed E-state index contributed by atoms with van der Waals surface area (Å²) in [4.78, 5) is 4.29. The smallest absolute Gasteiger partial charge is 0.147 e. The standard InChI is InChI=1S/C11H22N4/c1-5-6-12-7-9(2)8-15-11(4)13-10(3)14-15/h9,12H,5-8H2,1-4H3. The molecule has 0 aromatic carbocycles. The molecule has 1 N–H and O–H groups in total.